The fourth-order valence-corrected chi connectivity index (χ4v) is 2.07. The van der Waals surface area contributed by atoms with E-state index in [2.05, 4.69) is 52.3 Å². The Labute approximate surface area is 131 Å². The van der Waals surface area contributed by atoms with Gasteiger partial charge in [-0.05, 0) is 34.3 Å². The van der Waals surface area contributed by atoms with Crippen LogP contribution in [-0.2, 0) is 0 Å². The van der Waals surface area contributed by atoms with Gasteiger partial charge in [0, 0.05) is 16.7 Å². The summed E-state index contributed by atoms with van der Waals surface area (Å²) in [4.78, 5) is 27.5. The SMILES string of the molecule is CC(Nc1c(Nc2cncc(Br)c2)c(=O)c1=O)C(C)(C)C. The Morgan fingerprint density at radius 1 is 1.14 bits per heavy atom. The van der Waals surface area contributed by atoms with Crippen molar-refractivity contribution in [3.05, 3.63) is 43.4 Å². The van der Waals surface area contributed by atoms with E-state index in [0.29, 0.717) is 17.1 Å². The maximum Gasteiger partial charge on any atom is 0.253 e. The highest BCUT2D eigenvalue weighted by molar-refractivity contribution is 9.10. The molecule has 2 N–H and O–H groups in total. The minimum atomic E-state index is -0.501. The number of rotatable bonds is 4. The third kappa shape index (κ3) is 3.32. The summed E-state index contributed by atoms with van der Waals surface area (Å²) in [6.07, 6.45) is 3.24. The molecule has 0 radical (unpaired) electrons. The molecular weight excluding hydrogens is 334 g/mol. The summed E-state index contributed by atoms with van der Waals surface area (Å²) in [6.45, 7) is 8.20. The van der Waals surface area contributed by atoms with Crippen molar-refractivity contribution in [3.63, 3.8) is 0 Å². The number of nitrogens with zero attached hydrogens (tertiary/aromatic N) is 1. The maximum absolute atomic E-state index is 11.8. The van der Waals surface area contributed by atoms with Crippen LogP contribution in [0.2, 0.25) is 0 Å². The number of aromatic nitrogens is 1. The summed E-state index contributed by atoms with van der Waals surface area (Å²) in [5.74, 6) is 0. The van der Waals surface area contributed by atoms with Crippen molar-refractivity contribution in [2.75, 3.05) is 10.6 Å². The van der Waals surface area contributed by atoms with Gasteiger partial charge < -0.3 is 10.6 Å². The van der Waals surface area contributed by atoms with Crippen molar-refractivity contribution in [1.29, 1.82) is 0 Å². The van der Waals surface area contributed by atoms with Crippen LogP contribution in [-0.4, -0.2) is 11.0 Å². The molecule has 0 saturated carbocycles. The van der Waals surface area contributed by atoms with E-state index in [4.69, 9.17) is 0 Å². The molecule has 0 aliphatic rings. The number of hydrogen-bond acceptors (Lipinski definition) is 5. The molecule has 0 fully saturated rings. The molecule has 0 aliphatic carbocycles. The molecule has 6 heteroatoms. The number of hydrogen-bond donors (Lipinski definition) is 2. The van der Waals surface area contributed by atoms with Gasteiger partial charge in [-0.3, -0.25) is 14.6 Å². The highest BCUT2D eigenvalue weighted by atomic mass is 79.9. The Morgan fingerprint density at radius 2 is 1.76 bits per heavy atom. The van der Waals surface area contributed by atoms with Gasteiger partial charge >= 0.3 is 0 Å². The summed E-state index contributed by atoms with van der Waals surface area (Å²) in [6, 6.07) is 1.85. The second kappa shape index (κ2) is 5.60. The van der Waals surface area contributed by atoms with E-state index in [1.165, 1.54) is 0 Å². The predicted molar refractivity (Wildman–Crippen MR) is 89.1 cm³/mol. The first kappa shape index (κ1) is 15.7. The van der Waals surface area contributed by atoms with E-state index in [1.807, 2.05) is 6.92 Å². The molecule has 1 unspecified atom stereocenters. The van der Waals surface area contributed by atoms with Crippen LogP contribution in [0.25, 0.3) is 0 Å². The highest BCUT2D eigenvalue weighted by Crippen LogP contribution is 2.26. The lowest BCUT2D eigenvalue weighted by Gasteiger charge is -2.30. The molecule has 0 aliphatic heterocycles. The maximum atomic E-state index is 11.8. The van der Waals surface area contributed by atoms with Crippen molar-refractivity contribution in [2.24, 2.45) is 5.41 Å². The van der Waals surface area contributed by atoms with E-state index >= 15 is 0 Å². The Morgan fingerprint density at radius 3 is 2.33 bits per heavy atom. The van der Waals surface area contributed by atoms with E-state index in [0.717, 1.165) is 4.47 Å². The second-order valence-corrected chi connectivity index (χ2v) is 7.07. The number of halogens is 1. The molecule has 0 amide bonds. The van der Waals surface area contributed by atoms with Crippen LogP contribution in [0.3, 0.4) is 0 Å². The Balaban J connectivity index is 2.24. The zero-order chi connectivity index (χ0) is 15.8. The van der Waals surface area contributed by atoms with Crippen LogP contribution in [0.1, 0.15) is 27.7 Å². The molecule has 0 spiro atoms. The zero-order valence-corrected chi connectivity index (χ0v) is 14.0. The highest BCUT2D eigenvalue weighted by Gasteiger charge is 2.26. The van der Waals surface area contributed by atoms with Gasteiger partial charge in [0.1, 0.15) is 11.4 Å². The smallest absolute Gasteiger partial charge is 0.253 e. The fraction of sp³-hybridized carbons (Fsp3) is 0.400. The average Bonchev–Trinajstić information content (AvgIpc) is 2.41. The van der Waals surface area contributed by atoms with Crippen molar-refractivity contribution in [3.8, 4) is 0 Å². The van der Waals surface area contributed by atoms with Gasteiger partial charge in [-0.25, -0.2) is 0 Å². The summed E-state index contributed by atoms with van der Waals surface area (Å²) >= 11 is 3.31. The minimum absolute atomic E-state index is 0.0195. The molecule has 21 heavy (non-hydrogen) atoms. The molecule has 0 bridgehead atoms. The van der Waals surface area contributed by atoms with Crippen molar-refractivity contribution in [2.45, 2.75) is 33.7 Å². The first-order chi connectivity index (χ1) is 9.70. The van der Waals surface area contributed by atoms with Crippen LogP contribution in [0.5, 0.6) is 0 Å². The summed E-state index contributed by atoms with van der Waals surface area (Å²) in [7, 11) is 0. The fourth-order valence-electron chi connectivity index (χ4n) is 1.71. The van der Waals surface area contributed by atoms with Gasteiger partial charge in [0.25, 0.3) is 10.9 Å². The summed E-state index contributed by atoms with van der Waals surface area (Å²) < 4.78 is 0.795. The standard InChI is InChI=1S/C15H18BrN3O2/c1-8(15(2,3)4)18-11-12(14(21)13(11)20)19-10-5-9(16)6-17-7-10/h5-8,18-19H,1-4H3. The molecule has 1 aromatic heterocycles. The normalized spacial score (nSPS) is 13.2. The largest absolute Gasteiger partial charge is 0.377 e. The number of pyridine rings is 1. The van der Waals surface area contributed by atoms with Crippen LogP contribution in [0.15, 0.2) is 32.5 Å². The third-order valence-electron chi connectivity index (χ3n) is 3.54. The molecule has 1 heterocycles. The van der Waals surface area contributed by atoms with Crippen LogP contribution >= 0.6 is 15.9 Å². The zero-order valence-electron chi connectivity index (χ0n) is 12.5. The van der Waals surface area contributed by atoms with Crippen LogP contribution in [0.4, 0.5) is 17.1 Å². The molecule has 2 aromatic rings. The first-order valence-corrected chi connectivity index (χ1v) is 7.47. The van der Waals surface area contributed by atoms with E-state index in [1.54, 1.807) is 18.5 Å². The van der Waals surface area contributed by atoms with E-state index in [9.17, 15) is 9.59 Å². The van der Waals surface area contributed by atoms with Crippen LogP contribution in [0, 0.1) is 5.41 Å². The average molecular weight is 352 g/mol. The molecule has 112 valence electrons. The predicted octanol–water partition coefficient (Wildman–Crippen LogP) is 3.03. The van der Waals surface area contributed by atoms with Gasteiger partial charge in [-0.15, -0.1) is 0 Å². The molecule has 1 atom stereocenters. The number of anilines is 3. The van der Waals surface area contributed by atoms with Crippen LogP contribution < -0.4 is 21.5 Å². The van der Waals surface area contributed by atoms with Gasteiger partial charge in [-0.1, -0.05) is 20.8 Å². The van der Waals surface area contributed by atoms with Gasteiger partial charge in [0.05, 0.1) is 11.9 Å². The minimum Gasteiger partial charge on any atom is -0.377 e. The summed E-state index contributed by atoms with van der Waals surface area (Å²) in [5, 5.41) is 6.10. The second-order valence-electron chi connectivity index (χ2n) is 6.16. The van der Waals surface area contributed by atoms with Gasteiger partial charge in [0.15, 0.2) is 0 Å². The Hall–Kier alpha value is -1.69. The Bertz CT molecular complexity index is 727. The monoisotopic (exact) mass is 351 g/mol. The topological polar surface area (TPSA) is 71.1 Å². The third-order valence-corrected chi connectivity index (χ3v) is 3.98. The van der Waals surface area contributed by atoms with Gasteiger partial charge in [0.2, 0.25) is 0 Å². The quantitative estimate of drug-likeness (QED) is 0.828. The lowest BCUT2D eigenvalue weighted by molar-refractivity contribution is 0.359. The van der Waals surface area contributed by atoms with E-state index < -0.39 is 10.9 Å². The van der Waals surface area contributed by atoms with Crippen molar-refractivity contribution >= 4 is 33.0 Å². The summed E-state index contributed by atoms with van der Waals surface area (Å²) in [5.41, 5.74) is 0.311. The molecule has 2 rings (SSSR count). The molecular formula is C15H18BrN3O2. The van der Waals surface area contributed by atoms with E-state index in [-0.39, 0.29) is 11.5 Å². The first-order valence-electron chi connectivity index (χ1n) is 6.67. The van der Waals surface area contributed by atoms with Crippen molar-refractivity contribution in [1.82, 2.24) is 4.98 Å². The van der Waals surface area contributed by atoms with Gasteiger partial charge in [-0.2, -0.15) is 0 Å². The van der Waals surface area contributed by atoms with Crippen molar-refractivity contribution < 1.29 is 0 Å². The lowest BCUT2D eigenvalue weighted by Crippen LogP contribution is -2.41. The molecule has 1 aromatic carbocycles. The Kier molecular flexibility index (Phi) is 4.18. The molecule has 5 nitrogen and oxygen atoms in total. The lowest BCUT2D eigenvalue weighted by atomic mass is 9.87. The number of nitrogens with one attached hydrogen (secondary N) is 2. The molecule has 0 saturated heterocycles.